The third-order valence-corrected chi connectivity index (χ3v) is 4.91. The largest absolute Gasteiger partial charge is 0.508 e. The van der Waals surface area contributed by atoms with Crippen molar-refractivity contribution >= 4 is 0 Å². The van der Waals surface area contributed by atoms with Crippen molar-refractivity contribution in [3.63, 3.8) is 0 Å². The minimum absolute atomic E-state index is 0.342. The van der Waals surface area contributed by atoms with Crippen molar-refractivity contribution in [2.45, 2.75) is 39.3 Å². The molecular formula is C19H25NO. The molecule has 0 saturated heterocycles. The lowest BCUT2D eigenvalue weighted by Crippen LogP contribution is -2.34. The van der Waals surface area contributed by atoms with Crippen LogP contribution in [0.2, 0.25) is 0 Å². The standard InChI is InChI=1S/C19H25NO/c1-3-14(2)20(12-15-7-9-18(21)10-8-15)13-17-6-4-5-16-11-19(16)17/h4-10,14,16,19,21H,3,11-13H2,1-2H3. The Kier molecular flexibility index (Phi) is 4.16. The van der Waals surface area contributed by atoms with Gasteiger partial charge in [0.25, 0.3) is 0 Å². The van der Waals surface area contributed by atoms with Crippen molar-refractivity contribution in [3.8, 4) is 5.75 Å². The van der Waals surface area contributed by atoms with E-state index < -0.39 is 0 Å². The van der Waals surface area contributed by atoms with Crippen molar-refractivity contribution in [2.75, 3.05) is 6.54 Å². The molecule has 1 aromatic rings. The highest BCUT2D eigenvalue weighted by molar-refractivity contribution is 5.31. The van der Waals surface area contributed by atoms with E-state index >= 15 is 0 Å². The first-order chi connectivity index (χ1) is 10.2. The van der Waals surface area contributed by atoms with Crippen LogP contribution >= 0.6 is 0 Å². The summed E-state index contributed by atoms with van der Waals surface area (Å²) >= 11 is 0. The number of phenolic OH excluding ortho intramolecular Hbond substituents is 1. The zero-order valence-electron chi connectivity index (χ0n) is 13.0. The van der Waals surface area contributed by atoms with E-state index in [0.29, 0.717) is 11.8 Å². The maximum atomic E-state index is 9.42. The van der Waals surface area contributed by atoms with E-state index in [-0.39, 0.29) is 0 Å². The highest BCUT2D eigenvalue weighted by atomic mass is 16.3. The lowest BCUT2D eigenvalue weighted by Gasteiger charge is -2.30. The smallest absolute Gasteiger partial charge is 0.115 e. The van der Waals surface area contributed by atoms with Crippen LogP contribution in [-0.4, -0.2) is 22.6 Å². The molecule has 0 heterocycles. The van der Waals surface area contributed by atoms with Crippen LogP contribution in [-0.2, 0) is 6.54 Å². The predicted octanol–water partition coefficient (Wildman–Crippen LogP) is 4.13. The second-order valence-electron chi connectivity index (χ2n) is 6.46. The van der Waals surface area contributed by atoms with Gasteiger partial charge in [-0.05, 0) is 49.3 Å². The third-order valence-electron chi connectivity index (χ3n) is 4.91. The minimum Gasteiger partial charge on any atom is -0.508 e. The molecule has 1 aromatic carbocycles. The molecule has 3 unspecified atom stereocenters. The number of hydrogen-bond acceptors (Lipinski definition) is 2. The maximum absolute atomic E-state index is 9.42. The Morgan fingerprint density at radius 1 is 1.24 bits per heavy atom. The molecule has 1 fully saturated rings. The Morgan fingerprint density at radius 2 is 2.00 bits per heavy atom. The zero-order chi connectivity index (χ0) is 14.8. The molecule has 3 atom stereocenters. The molecule has 21 heavy (non-hydrogen) atoms. The SMILES string of the molecule is CCC(C)N(CC1=CC=CC2CC12)Cc1ccc(O)cc1. The van der Waals surface area contributed by atoms with E-state index in [1.807, 2.05) is 12.1 Å². The van der Waals surface area contributed by atoms with Gasteiger partial charge >= 0.3 is 0 Å². The monoisotopic (exact) mass is 283 g/mol. The fraction of sp³-hybridized carbons (Fsp3) is 0.474. The molecule has 0 spiro atoms. The van der Waals surface area contributed by atoms with Crippen LogP contribution in [0.3, 0.4) is 0 Å². The summed E-state index contributed by atoms with van der Waals surface area (Å²) in [6.07, 6.45) is 9.41. The van der Waals surface area contributed by atoms with Crippen molar-refractivity contribution in [1.82, 2.24) is 4.90 Å². The number of rotatable bonds is 6. The van der Waals surface area contributed by atoms with Crippen LogP contribution < -0.4 is 0 Å². The summed E-state index contributed by atoms with van der Waals surface area (Å²) in [5, 5.41) is 9.42. The molecule has 0 amide bonds. The van der Waals surface area contributed by atoms with Crippen LogP contribution in [0, 0.1) is 11.8 Å². The maximum Gasteiger partial charge on any atom is 0.115 e. The molecule has 2 aliphatic rings. The zero-order valence-corrected chi connectivity index (χ0v) is 13.0. The van der Waals surface area contributed by atoms with Gasteiger partial charge in [-0.15, -0.1) is 0 Å². The summed E-state index contributed by atoms with van der Waals surface area (Å²) in [5.74, 6) is 1.97. The van der Waals surface area contributed by atoms with Crippen molar-refractivity contribution < 1.29 is 5.11 Å². The lowest BCUT2D eigenvalue weighted by molar-refractivity contribution is 0.209. The molecule has 2 nitrogen and oxygen atoms in total. The quantitative estimate of drug-likeness (QED) is 0.848. The van der Waals surface area contributed by atoms with Gasteiger partial charge in [0.15, 0.2) is 0 Å². The Balaban J connectivity index is 1.70. The number of hydrogen-bond donors (Lipinski definition) is 1. The molecule has 0 aliphatic heterocycles. The minimum atomic E-state index is 0.342. The molecule has 3 rings (SSSR count). The topological polar surface area (TPSA) is 23.5 Å². The van der Waals surface area contributed by atoms with Gasteiger partial charge in [0.05, 0.1) is 0 Å². The second kappa shape index (κ2) is 6.07. The fourth-order valence-corrected chi connectivity index (χ4v) is 3.17. The molecule has 2 heteroatoms. The molecule has 0 bridgehead atoms. The second-order valence-corrected chi connectivity index (χ2v) is 6.46. The van der Waals surface area contributed by atoms with E-state index in [4.69, 9.17) is 0 Å². The Hall–Kier alpha value is -1.54. The van der Waals surface area contributed by atoms with Gasteiger partial charge in [-0.3, -0.25) is 4.90 Å². The molecule has 2 aliphatic carbocycles. The van der Waals surface area contributed by atoms with Crippen LogP contribution in [0.5, 0.6) is 5.75 Å². The van der Waals surface area contributed by atoms with Gasteiger partial charge in [0.2, 0.25) is 0 Å². The summed E-state index contributed by atoms with van der Waals surface area (Å²) in [7, 11) is 0. The summed E-state index contributed by atoms with van der Waals surface area (Å²) in [6.45, 7) is 6.59. The molecule has 1 saturated carbocycles. The van der Waals surface area contributed by atoms with E-state index in [1.165, 1.54) is 12.0 Å². The number of nitrogens with zero attached hydrogens (tertiary/aromatic N) is 1. The summed E-state index contributed by atoms with van der Waals surface area (Å²) in [4.78, 5) is 2.56. The number of phenols is 1. The first-order valence-corrected chi connectivity index (χ1v) is 8.06. The number of benzene rings is 1. The van der Waals surface area contributed by atoms with E-state index in [1.54, 1.807) is 17.7 Å². The van der Waals surface area contributed by atoms with Crippen molar-refractivity contribution in [1.29, 1.82) is 0 Å². The van der Waals surface area contributed by atoms with Gasteiger partial charge < -0.3 is 5.11 Å². The fourth-order valence-electron chi connectivity index (χ4n) is 3.17. The van der Waals surface area contributed by atoms with Crippen LogP contribution in [0.4, 0.5) is 0 Å². The molecule has 1 N–H and O–H groups in total. The first-order valence-electron chi connectivity index (χ1n) is 8.06. The summed E-state index contributed by atoms with van der Waals surface area (Å²) in [5.41, 5.74) is 2.87. The Morgan fingerprint density at radius 3 is 2.71 bits per heavy atom. The van der Waals surface area contributed by atoms with Crippen molar-refractivity contribution in [3.05, 3.63) is 53.6 Å². The predicted molar refractivity (Wildman–Crippen MR) is 87.1 cm³/mol. The van der Waals surface area contributed by atoms with Gasteiger partial charge in [-0.2, -0.15) is 0 Å². The average molecular weight is 283 g/mol. The van der Waals surface area contributed by atoms with Gasteiger partial charge in [0, 0.05) is 19.1 Å². The average Bonchev–Trinajstić information content (AvgIpc) is 3.28. The molecular weight excluding hydrogens is 258 g/mol. The van der Waals surface area contributed by atoms with Gasteiger partial charge in [-0.1, -0.05) is 42.9 Å². The Labute approximate surface area is 127 Å². The first kappa shape index (κ1) is 14.4. The van der Waals surface area contributed by atoms with Crippen LogP contribution in [0.15, 0.2) is 48.1 Å². The normalized spacial score (nSPS) is 24.6. The highest BCUT2D eigenvalue weighted by Crippen LogP contribution is 2.47. The van der Waals surface area contributed by atoms with Crippen LogP contribution in [0.25, 0.3) is 0 Å². The molecule has 0 aromatic heterocycles. The molecule has 112 valence electrons. The number of allylic oxidation sites excluding steroid dienone is 3. The number of fused-ring (bicyclic) bond motifs is 1. The summed E-state index contributed by atoms with van der Waals surface area (Å²) in [6, 6.07) is 8.19. The van der Waals surface area contributed by atoms with E-state index in [9.17, 15) is 5.11 Å². The van der Waals surface area contributed by atoms with Gasteiger partial charge in [-0.25, -0.2) is 0 Å². The molecule has 0 radical (unpaired) electrons. The van der Waals surface area contributed by atoms with Crippen molar-refractivity contribution in [2.24, 2.45) is 11.8 Å². The third kappa shape index (κ3) is 3.38. The van der Waals surface area contributed by atoms with Crippen LogP contribution in [0.1, 0.15) is 32.3 Å². The lowest BCUT2D eigenvalue weighted by atomic mass is 10.0. The van der Waals surface area contributed by atoms with E-state index in [2.05, 4.69) is 37.0 Å². The van der Waals surface area contributed by atoms with E-state index in [0.717, 1.165) is 31.3 Å². The van der Waals surface area contributed by atoms with Gasteiger partial charge in [0.1, 0.15) is 5.75 Å². The Bertz CT molecular complexity index is 543. The highest BCUT2D eigenvalue weighted by Gasteiger charge is 2.39. The summed E-state index contributed by atoms with van der Waals surface area (Å²) < 4.78 is 0. The number of aromatic hydroxyl groups is 1.